The second-order valence-corrected chi connectivity index (χ2v) is 3.30. The van der Waals surface area contributed by atoms with Gasteiger partial charge in [-0.3, -0.25) is 9.69 Å². The molecule has 0 aliphatic heterocycles. The fourth-order valence-electron chi connectivity index (χ4n) is 1.04. The standard InChI is InChI=1S/C10H19NO2/c1-4-5-7-11(9(2)3)8-6-10(12)13/h4-5,9H,6-8H2,1-3H3,(H,12,13)/b5-4+. The van der Waals surface area contributed by atoms with E-state index in [1.165, 1.54) is 0 Å². The first-order valence-electron chi connectivity index (χ1n) is 4.65. The first kappa shape index (κ1) is 12.2. The average Bonchev–Trinajstić information content (AvgIpc) is 2.03. The summed E-state index contributed by atoms with van der Waals surface area (Å²) in [6.45, 7) is 7.57. The summed E-state index contributed by atoms with van der Waals surface area (Å²) in [7, 11) is 0. The summed E-state index contributed by atoms with van der Waals surface area (Å²) in [5.41, 5.74) is 0. The predicted octanol–water partition coefficient (Wildman–Crippen LogP) is 1.75. The number of rotatable bonds is 6. The molecule has 0 aromatic heterocycles. The van der Waals surface area contributed by atoms with Gasteiger partial charge in [-0.05, 0) is 20.8 Å². The summed E-state index contributed by atoms with van der Waals surface area (Å²) in [6, 6.07) is 0.399. The summed E-state index contributed by atoms with van der Waals surface area (Å²) in [4.78, 5) is 12.5. The lowest BCUT2D eigenvalue weighted by molar-refractivity contribution is -0.137. The summed E-state index contributed by atoms with van der Waals surface area (Å²) < 4.78 is 0. The van der Waals surface area contributed by atoms with Crippen molar-refractivity contribution in [2.45, 2.75) is 33.2 Å². The van der Waals surface area contributed by atoms with Gasteiger partial charge in [0.2, 0.25) is 0 Å². The molecule has 0 aliphatic carbocycles. The van der Waals surface area contributed by atoms with Gasteiger partial charge in [0.1, 0.15) is 0 Å². The van der Waals surface area contributed by atoms with Crippen LogP contribution in [-0.4, -0.2) is 35.1 Å². The van der Waals surface area contributed by atoms with E-state index in [0.29, 0.717) is 12.6 Å². The predicted molar refractivity (Wildman–Crippen MR) is 53.8 cm³/mol. The van der Waals surface area contributed by atoms with Crippen LogP contribution in [0, 0.1) is 0 Å². The molecular weight excluding hydrogens is 166 g/mol. The minimum atomic E-state index is -0.730. The highest BCUT2D eigenvalue weighted by molar-refractivity contribution is 5.66. The Labute approximate surface area is 80.0 Å². The molecule has 3 nitrogen and oxygen atoms in total. The quantitative estimate of drug-likeness (QED) is 0.641. The fraction of sp³-hybridized carbons (Fsp3) is 0.700. The second-order valence-electron chi connectivity index (χ2n) is 3.30. The fourth-order valence-corrected chi connectivity index (χ4v) is 1.04. The van der Waals surface area contributed by atoms with Crippen molar-refractivity contribution in [2.75, 3.05) is 13.1 Å². The molecule has 0 rings (SSSR count). The zero-order chi connectivity index (χ0) is 10.3. The molecule has 3 heteroatoms. The Hall–Kier alpha value is -0.830. The molecule has 0 bridgehead atoms. The van der Waals surface area contributed by atoms with E-state index in [9.17, 15) is 4.79 Å². The minimum Gasteiger partial charge on any atom is -0.481 e. The van der Waals surface area contributed by atoms with Crippen LogP contribution in [-0.2, 0) is 4.79 Å². The van der Waals surface area contributed by atoms with Crippen molar-refractivity contribution in [1.82, 2.24) is 4.90 Å². The molecule has 1 N–H and O–H groups in total. The smallest absolute Gasteiger partial charge is 0.304 e. The van der Waals surface area contributed by atoms with Crippen molar-refractivity contribution in [3.8, 4) is 0 Å². The Morgan fingerprint density at radius 1 is 1.54 bits per heavy atom. The number of hydrogen-bond donors (Lipinski definition) is 1. The maximum absolute atomic E-state index is 10.4. The highest BCUT2D eigenvalue weighted by Crippen LogP contribution is 1.99. The Kier molecular flexibility index (Phi) is 6.24. The van der Waals surface area contributed by atoms with Gasteiger partial charge in [0.15, 0.2) is 0 Å². The van der Waals surface area contributed by atoms with Gasteiger partial charge in [0, 0.05) is 19.1 Å². The third kappa shape index (κ3) is 6.34. The van der Waals surface area contributed by atoms with Crippen LogP contribution in [0.4, 0.5) is 0 Å². The molecule has 0 fully saturated rings. The second kappa shape index (κ2) is 6.66. The molecule has 0 aromatic rings. The number of carbonyl (C=O) groups is 1. The largest absolute Gasteiger partial charge is 0.481 e. The number of hydrogen-bond acceptors (Lipinski definition) is 2. The van der Waals surface area contributed by atoms with Crippen molar-refractivity contribution >= 4 is 5.97 Å². The van der Waals surface area contributed by atoms with Crippen LogP contribution in [0.3, 0.4) is 0 Å². The molecule has 0 radical (unpaired) electrons. The number of carboxylic acids is 1. The maximum Gasteiger partial charge on any atom is 0.304 e. The van der Waals surface area contributed by atoms with E-state index in [1.807, 2.05) is 19.1 Å². The van der Waals surface area contributed by atoms with Gasteiger partial charge in [-0.25, -0.2) is 0 Å². The average molecular weight is 185 g/mol. The van der Waals surface area contributed by atoms with Crippen molar-refractivity contribution in [2.24, 2.45) is 0 Å². The summed E-state index contributed by atoms with van der Waals surface area (Å²) in [6.07, 6.45) is 4.24. The van der Waals surface area contributed by atoms with Crippen LogP contribution in [0.2, 0.25) is 0 Å². The summed E-state index contributed by atoms with van der Waals surface area (Å²) >= 11 is 0. The first-order chi connectivity index (χ1) is 6.07. The van der Waals surface area contributed by atoms with Gasteiger partial charge < -0.3 is 5.11 Å². The Bertz CT molecular complexity index is 176. The molecule has 13 heavy (non-hydrogen) atoms. The molecule has 0 atom stereocenters. The van der Waals surface area contributed by atoms with Gasteiger partial charge in [0.25, 0.3) is 0 Å². The number of aliphatic carboxylic acids is 1. The van der Waals surface area contributed by atoms with Crippen LogP contribution in [0.5, 0.6) is 0 Å². The normalized spacial score (nSPS) is 11.8. The monoisotopic (exact) mass is 185 g/mol. The summed E-state index contributed by atoms with van der Waals surface area (Å²) in [5.74, 6) is -0.730. The Morgan fingerprint density at radius 3 is 2.54 bits per heavy atom. The maximum atomic E-state index is 10.4. The molecule has 0 aromatic carbocycles. The first-order valence-corrected chi connectivity index (χ1v) is 4.65. The van der Waals surface area contributed by atoms with E-state index in [-0.39, 0.29) is 6.42 Å². The zero-order valence-electron chi connectivity index (χ0n) is 8.66. The van der Waals surface area contributed by atoms with Crippen molar-refractivity contribution in [3.63, 3.8) is 0 Å². The highest BCUT2D eigenvalue weighted by atomic mass is 16.4. The molecule has 0 spiro atoms. The lowest BCUT2D eigenvalue weighted by atomic mass is 10.3. The van der Waals surface area contributed by atoms with Crippen LogP contribution >= 0.6 is 0 Å². The molecule has 0 unspecified atom stereocenters. The van der Waals surface area contributed by atoms with E-state index in [1.54, 1.807) is 0 Å². The van der Waals surface area contributed by atoms with E-state index >= 15 is 0 Å². The van der Waals surface area contributed by atoms with E-state index in [0.717, 1.165) is 6.54 Å². The van der Waals surface area contributed by atoms with Gasteiger partial charge >= 0.3 is 5.97 Å². The third-order valence-electron chi connectivity index (χ3n) is 1.92. The molecule has 0 amide bonds. The van der Waals surface area contributed by atoms with E-state index in [2.05, 4.69) is 18.7 Å². The molecular formula is C10H19NO2. The summed E-state index contributed by atoms with van der Waals surface area (Å²) in [5, 5.41) is 8.52. The lowest BCUT2D eigenvalue weighted by Crippen LogP contribution is -2.33. The molecule has 0 aliphatic rings. The van der Waals surface area contributed by atoms with Crippen LogP contribution in [0.25, 0.3) is 0 Å². The number of carboxylic acid groups (broad SMARTS) is 1. The minimum absolute atomic E-state index is 0.218. The SMILES string of the molecule is C/C=C/CN(CCC(=O)O)C(C)C. The van der Waals surface area contributed by atoms with Gasteiger partial charge in [-0.1, -0.05) is 12.2 Å². The molecule has 0 saturated carbocycles. The topological polar surface area (TPSA) is 40.5 Å². The number of allylic oxidation sites excluding steroid dienone is 1. The molecule has 76 valence electrons. The Balaban J connectivity index is 3.87. The molecule has 0 saturated heterocycles. The molecule has 0 heterocycles. The van der Waals surface area contributed by atoms with Crippen molar-refractivity contribution < 1.29 is 9.90 Å². The highest BCUT2D eigenvalue weighted by Gasteiger charge is 2.08. The van der Waals surface area contributed by atoms with Crippen molar-refractivity contribution in [1.29, 1.82) is 0 Å². The van der Waals surface area contributed by atoms with E-state index in [4.69, 9.17) is 5.11 Å². The van der Waals surface area contributed by atoms with Gasteiger partial charge in [-0.2, -0.15) is 0 Å². The van der Waals surface area contributed by atoms with Crippen LogP contribution in [0.1, 0.15) is 27.2 Å². The Morgan fingerprint density at radius 2 is 2.15 bits per heavy atom. The zero-order valence-corrected chi connectivity index (χ0v) is 8.66. The van der Waals surface area contributed by atoms with Gasteiger partial charge in [0.05, 0.1) is 6.42 Å². The van der Waals surface area contributed by atoms with Crippen molar-refractivity contribution in [3.05, 3.63) is 12.2 Å². The van der Waals surface area contributed by atoms with E-state index < -0.39 is 5.97 Å². The van der Waals surface area contributed by atoms with Crippen LogP contribution in [0.15, 0.2) is 12.2 Å². The number of nitrogens with zero attached hydrogens (tertiary/aromatic N) is 1. The van der Waals surface area contributed by atoms with Gasteiger partial charge in [-0.15, -0.1) is 0 Å². The lowest BCUT2D eigenvalue weighted by Gasteiger charge is -2.23. The van der Waals surface area contributed by atoms with Crippen LogP contribution < -0.4 is 0 Å². The third-order valence-corrected chi connectivity index (χ3v) is 1.92.